The number of nitrogens with zero attached hydrogens (tertiary/aromatic N) is 3. The molecule has 2 heterocycles. The number of Topliss-reactive ketones (excluding diaryl/α,β-unsaturated/α-hetero) is 1. The molecule has 0 spiro atoms. The van der Waals surface area contributed by atoms with Crippen molar-refractivity contribution in [1.82, 2.24) is 14.8 Å². The van der Waals surface area contributed by atoms with Gasteiger partial charge in [0.1, 0.15) is 12.3 Å². The lowest BCUT2D eigenvalue weighted by atomic mass is 10.1. The van der Waals surface area contributed by atoms with E-state index in [2.05, 4.69) is 4.98 Å². The minimum absolute atomic E-state index is 0.00520. The Morgan fingerprint density at radius 3 is 2.40 bits per heavy atom. The van der Waals surface area contributed by atoms with Crippen LogP contribution < -0.4 is 0 Å². The number of hydrogen-bond acceptors (Lipinski definition) is 4. The van der Waals surface area contributed by atoms with Crippen LogP contribution in [0.2, 0.25) is 0 Å². The molecule has 1 fully saturated rings. The molecule has 0 unspecified atom stereocenters. The van der Waals surface area contributed by atoms with Gasteiger partial charge < -0.3 is 9.80 Å². The number of piperazine rings is 1. The normalized spacial score (nSPS) is 15.7. The molecule has 1 aliphatic rings. The van der Waals surface area contributed by atoms with Gasteiger partial charge in [0.15, 0.2) is 0 Å². The van der Waals surface area contributed by atoms with Gasteiger partial charge in [-0.1, -0.05) is 0 Å². The number of aromatic nitrogens is 1. The first-order valence-electron chi connectivity index (χ1n) is 6.50. The molecule has 1 saturated heterocycles. The van der Waals surface area contributed by atoms with Gasteiger partial charge in [0.05, 0.1) is 13.1 Å². The summed E-state index contributed by atoms with van der Waals surface area (Å²) in [5, 5.41) is 0. The van der Waals surface area contributed by atoms with Crippen molar-refractivity contribution in [2.75, 3.05) is 26.2 Å². The fourth-order valence-electron chi connectivity index (χ4n) is 2.13. The lowest BCUT2D eigenvalue weighted by Gasteiger charge is -2.33. The van der Waals surface area contributed by atoms with Gasteiger partial charge in [-0.2, -0.15) is 0 Å². The smallest absolute Gasteiger partial charge is 0.243 e. The Morgan fingerprint density at radius 1 is 1.15 bits per heavy atom. The first-order chi connectivity index (χ1) is 9.56. The molecular weight excluding hydrogens is 258 g/mol. The van der Waals surface area contributed by atoms with E-state index in [-0.39, 0.29) is 37.2 Å². The summed E-state index contributed by atoms with van der Waals surface area (Å²) in [6.07, 6.45) is 4.09. The summed E-state index contributed by atoms with van der Waals surface area (Å²) < 4.78 is 0. The van der Waals surface area contributed by atoms with Crippen molar-refractivity contribution < 1.29 is 14.4 Å². The van der Waals surface area contributed by atoms with Crippen LogP contribution >= 0.6 is 0 Å². The van der Waals surface area contributed by atoms with Gasteiger partial charge in [-0.3, -0.25) is 19.4 Å². The standard InChI is InChI=1S/C14H17N3O3/c1-11(18)8-17-10-13(19)16(9-14(17)20)7-4-12-2-5-15-6-3-12/h2-3,5-6H,4,7-10H2,1H3. The van der Waals surface area contributed by atoms with Crippen LogP contribution in [0.15, 0.2) is 24.5 Å². The molecule has 1 aromatic rings. The first kappa shape index (κ1) is 14.2. The van der Waals surface area contributed by atoms with E-state index in [4.69, 9.17) is 0 Å². The van der Waals surface area contributed by atoms with Gasteiger partial charge in [-0.25, -0.2) is 0 Å². The van der Waals surface area contributed by atoms with Crippen LogP contribution in [0.25, 0.3) is 0 Å². The number of hydrogen-bond donors (Lipinski definition) is 0. The van der Waals surface area contributed by atoms with E-state index in [0.29, 0.717) is 13.0 Å². The predicted octanol–water partition coefficient (Wildman–Crippen LogP) is -0.116. The maximum atomic E-state index is 12.0. The highest BCUT2D eigenvalue weighted by molar-refractivity contribution is 5.94. The van der Waals surface area contributed by atoms with E-state index in [1.807, 2.05) is 12.1 Å². The highest BCUT2D eigenvalue weighted by atomic mass is 16.2. The van der Waals surface area contributed by atoms with Crippen LogP contribution in [-0.2, 0) is 20.8 Å². The summed E-state index contributed by atoms with van der Waals surface area (Å²) in [6, 6.07) is 3.77. The minimum atomic E-state index is -0.172. The molecule has 2 amide bonds. The molecule has 106 valence electrons. The van der Waals surface area contributed by atoms with Gasteiger partial charge in [0, 0.05) is 18.9 Å². The Kier molecular flexibility index (Phi) is 4.45. The fourth-order valence-corrected chi connectivity index (χ4v) is 2.13. The minimum Gasteiger partial charge on any atom is -0.332 e. The monoisotopic (exact) mass is 275 g/mol. The third-order valence-corrected chi connectivity index (χ3v) is 3.19. The third-order valence-electron chi connectivity index (χ3n) is 3.19. The van der Waals surface area contributed by atoms with E-state index in [9.17, 15) is 14.4 Å². The number of ketones is 1. The number of carbonyl (C=O) groups excluding carboxylic acids is 3. The summed E-state index contributed by atoms with van der Waals surface area (Å²) in [6.45, 7) is 1.98. The Bertz CT molecular complexity index is 516. The second-order valence-corrected chi connectivity index (χ2v) is 4.87. The molecule has 0 bridgehead atoms. The first-order valence-corrected chi connectivity index (χ1v) is 6.50. The number of pyridine rings is 1. The van der Waals surface area contributed by atoms with Crippen LogP contribution in [0.4, 0.5) is 0 Å². The molecule has 2 rings (SSSR count). The number of rotatable bonds is 5. The Hall–Kier alpha value is -2.24. The van der Waals surface area contributed by atoms with E-state index in [1.54, 1.807) is 17.3 Å². The van der Waals surface area contributed by atoms with Crippen molar-refractivity contribution in [1.29, 1.82) is 0 Å². The summed E-state index contributed by atoms with van der Waals surface area (Å²) in [4.78, 5) is 41.6. The molecule has 0 aliphatic carbocycles. The lowest BCUT2D eigenvalue weighted by molar-refractivity contribution is -0.151. The summed E-state index contributed by atoms with van der Waals surface area (Å²) >= 11 is 0. The van der Waals surface area contributed by atoms with Gasteiger partial charge in [-0.15, -0.1) is 0 Å². The van der Waals surface area contributed by atoms with Gasteiger partial charge in [0.2, 0.25) is 11.8 Å². The van der Waals surface area contributed by atoms with Crippen molar-refractivity contribution in [3.05, 3.63) is 30.1 Å². The largest absolute Gasteiger partial charge is 0.332 e. The Balaban J connectivity index is 1.90. The number of amides is 2. The van der Waals surface area contributed by atoms with Crippen molar-refractivity contribution >= 4 is 17.6 Å². The zero-order valence-electron chi connectivity index (χ0n) is 11.4. The number of carbonyl (C=O) groups is 3. The molecule has 0 radical (unpaired) electrons. The third kappa shape index (κ3) is 3.63. The molecule has 0 saturated carbocycles. The van der Waals surface area contributed by atoms with Gasteiger partial charge in [-0.05, 0) is 31.0 Å². The molecule has 6 heteroatoms. The van der Waals surface area contributed by atoms with Crippen molar-refractivity contribution in [2.24, 2.45) is 0 Å². The van der Waals surface area contributed by atoms with Gasteiger partial charge >= 0.3 is 0 Å². The summed E-state index contributed by atoms with van der Waals surface area (Å²) in [7, 11) is 0. The van der Waals surface area contributed by atoms with Crippen molar-refractivity contribution in [3.63, 3.8) is 0 Å². The van der Waals surface area contributed by atoms with Gasteiger partial charge in [0.25, 0.3) is 0 Å². The molecule has 20 heavy (non-hydrogen) atoms. The zero-order chi connectivity index (χ0) is 14.5. The SMILES string of the molecule is CC(=O)CN1CC(=O)N(CCc2ccncc2)CC1=O. The Morgan fingerprint density at radius 2 is 1.75 bits per heavy atom. The predicted molar refractivity (Wildman–Crippen MR) is 71.8 cm³/mol. The lowest BCUT2D eigenvalue weighted by Crippen LogP contribution is -2.55. The van der Waals surface area contributed by atoms with Crippen LogP contribution in [0.1, 0.15) is 12.5 Å². The van der Waals surface area contributed by atoms with E-state index in [0.717, 1.165) is 5.56 Å². The van der Waals surface area contributed by atoms with Crippen LogP contribution in [0.3, 0.4) is 0 Å². The molecule has 6 nitrogen and oxygen atoms in total. The van der Waals surface area contributed by atoms with Crippen molar-refractivity contribution in [3.8, 4) is 0 Å². The Labute approximate surface area is 117 Å². The van der Waals surface area contributed by atoms with Crippen LogP contribution in [0.5, 0.6) is 0 Å². The molecule has 0 aromatic carbocycles. The van der Waals surface area contributed by atoms with Crippen LogP contribution in [0, 0.1) is 0 Å². The fraction of sp³-hybridized carbons (Fsp3) is 0.429. The topological polar surface area (TPSA) is 70.6 Å². The summed E-state index contributed by atoms with van der Waals surface area (Å²) in [5.41, 5.74) is 1.08. The molecule has 1 aliphatic heterocycles. The second-order valence-electron chi connectivity index (χ2n) is 4.87. The quantitative estimate of drug-likeness (QED) is 0.751. The summed E-state index contributed by atoms with van der Waals surface area (Å²) in [5.74, 6) is -0.397. The highest BCUT2D eigenvalue weighted by Gasteiger charge is 2.29. The average molecular weight is 275 g/mol. The zero-order valence-corrected chi connectivity index (χ0v) is 11.4. The second kappa shape index (κ2) is 6.27. The average Bonchev–Trinajstić information content (AvgIpc) is 2.41. The highest BCUT2D eigenvalue weighted by Crippen LogP contribution is 2.07. The molecule has 0 atom stereocenters. The maximum Gasteiger partial charge on any atom is 0.243 e. The van der Waals surface area contributed by atoms with Crippen LogP contribution in [-0.4, -0.2) is 58.6 Å². The maximum absolute atomic E-state index is 12.0. The van der Waals surface area contributed by atoms with E-state index in [1.165, 1.54) is 11.8 Å². The van der Waals surface area contributed by atoms with E-state index >= 15 is 0 Å². The molecular formula is C14H17N3O3. The molecule has 0 N–H and O–H groups in total. The van der Waals surface area contributed by atoms with Crippen molar-refractivity contribution in [2.45, 2.75) is 13.3 Å². The molecule has 1 aromatic heterocycles. The van der Waals surface area contributed by atoms with E-state index < -0.39 is 0 Å².